The van der Waals surface area contributed by atoms with Crippen LogP contribution in [-0.2, 0) is 11.4 Å². The van der Waals surface area contributed by atoms with E-state index in [0.29, 0.717) is 41.7 Å². The van der Waals surface area contributed by atoms with Crippen LogP contribution < -0.4 is 4.74 Å². The van der Waals surface area contributed by atoms with Crippen molar-refractivity contribution in [3.8, 4) is 28.8 Å². The first-order valence-corrected chi connectivity index (χ1v) is 13.0. The molecular formula is C31H27ClN4O2. The number of para-hydroxylation sites is 1. The lowest BCUT2D eigenvalue weighted by Gasteiger charge is -2.26. The molecule has 0 radical (unpaired) electrons. The summed E-state index contributed by atoms with van der Waals surface area (Å²) in [5.41, 5.74) is 4.16. The highest BCUT2D eigenvalue weighted by atomic mass is 35.5. The van der Waals surface area contributed by atoms with E-state index in [1.54, 1.807) is 15.7 Å². The van der Waals surface area contributed by atoms with Crippen molar-refractivity contribution >= 4 is 23.6 Å². The van der Waals surface area contributed by atoms with Gasteiger partial charge in [-0.1, -0.05) is 54.1 Å². The number of hydrogen-bond acceptors (Lipinski definition) is 4. The van der Waals surface area contributed by atoms with E-state index >= 15 is 0 Å². The smallest absolute Gasteiger partial charge is 0.264 e. The number of rotatable bonds is 7. The molecule has 38 heavy (non-hydrogen) atoms. The van der Waals surface area contributed by atoms with Gasteiger partial charge in [0.25, 0.3) is 5.91 Å². The lowest BCUT2D eigenvalue weighted by Crippen LogP contribution is -2.36. The van der Waals surface area contributed by atoms with Crippen molar-refractivity contribution in [3.63, 3.8) is 0 Å². The normalized spacial score (nSPS) is 13.7. The number of carbonyl (C=O) groups is 1. The summed E-state index contributed by atoms with van der Waals surface area (Å²) in [6.45, 7) is 1.76. The van der Waals surface area contributed by atoms with Crippen LogP contribution in [0, 0.1) is 11.3 Å². The Morgan fingerprint density at radius 1 is 1.00 bits per heavy atom. The number of likely N-dealkylation sites (tertiary alicyclic amines) is 1. The number of carbonyl (C=O) groups excluding carboxylic acids is 1. The standard InChI is InChI=1S/C31H27ClN4O2/c32-27-14-12-23(13-15-27)22-38-29-11-7-8-24(19-29)30-26(21-36(34-30)28-9-3-1-4-10-28)18-25(20-33)31(37)35-16-5-2-6-17-35/h1,3-4,7-15,18-19,21H,2,5-6,16-17,22H2/b25-18-. The minimum Gasteiger partial charge on any atom is -0.489 e. The number of piperidine rings is 1. The van der Waals surface area contributed by atoms with Gasteiger partial charge in [0.2, 0.25) is 0 Å². The molecule has 1 saturated heterocycles. The van der Waals surface area contributed by atoms with E-state index in [1.807, 2.05) is 85.1 Å². The molecular weight excluding hydrogens is 496 g/mol. The molecule has 1 aromatic heterocycles. The predicted molar refractivity (Wildman–Crippen MR) is 149 cm³/mol. The van der Waals surface area contributed by atoms with Gasteiger partial charge in [0, 0.05) is 35.4 Å². The second kappa shape index (κ2) is 11.8. The summed E-state index contributed by atoms with van der Waals surface area (Å²) in [5.74, 6) is 0.456. The second-order valence-electron chi connectivity index (χ2n) is 9.18. The van der Waals surface area contributed by atoms with Gasteiger partial charge in [-0.05, 0) is 67.3 Å². The number of ether oxygens (including phenoxy) is 1. The van der Waals surface area contributed by atoms with Crippen molar-refractivity contribution < 1.29 is 9.53 Å². The Morgan fingerprint density at radius 2 is 1.76 bits per heavy atom. The van der Waals surface area contributed by atoms with Gasteiger partial charge in [0.05, 0.1) is 5.69 Å². The molecule has 0 aliphatic carbocycles. The topological polar surface area (TPSA) is 71.1 Å². The quantitative estimate of drug-likeness (QED) is 0.200. The first-order chi connectivity index (χ1) is 18.6. The molecule has 1 aliphatic heterocycles. The molecule has 1 fully saturated rings. The molecule has 7 heteroatoms. The maximum Gasteiger partial charge on any atom is 0.264 e. The van der Waals surface area contributed by atoms with Gasteiger partial charge in [-0.15, -0.1) is 0 Å². The molecule has 1 aliphatic rings. The highest BCUT2D eigenvalue weighted by Crippen LogP contribution is 2.29. The SMILES string of the molecule is N#C/C(=C/c1cn(-c2ccccc2)nc1-c1cccc(OCc2ccc(Cl)cc2)c1)C(=O)N1CCCCC1. The van der Waals surface area contributed by atoms with E-state index in [2.05, 4.69) is 6.07 Å². The van der Waals surface area contributed by atoms with Crippen molar-refractivity contribution in [3.05, 3.63) is 107 Å². The maximum absolute atomic E-state index is 13.1. The van der Waals surface area contributed by atoms with E-state index in [-0.39, 0.29) is 11.5 Å². The van der Waals surface area contributed by atoms with Crippen LogP contribution in [0.15, 0.2) is 90.6 Å². The number of nitrogens with zero attached hydrogens (tertiary/aromatic N) is 4. The van der Waals surface area contributed by atoms with Crippen LogP contribution in [-0.4, -0.2) is 33.7 Å². The van der Waals surface area contributed by atoms with E-state index in [1.165, 1.54) is 0 Å². The van der Waals surface area contributed by atoms with Crippen LogP contribution in [0.5, 0.6) is 5.75 Å². The van der Waals surface area contributed by atoms with E-state index in [4.69, 9.17) is 21.4 Å². The lowest BCUT2D eigenvalue weighted by molar-refractivity contribution is -0.127. The van der Waals surface area contributed by atoms with Crippen LogP contribution in [0.2, 0.25) is 5.02 Å². The monoisotopic (exact) mass is 522 g/mol. The summed E-state index contributed by atoms with van der Waals surface area (Å²) < 4.78 is 7.81. The summed E-state index contributed by atoms with van der Waals surface area (Å²) >= 11 is 5.99. The number of benzene rings is 3. The average molecular weight is 523 g/mol. The van der Waals surface area contributed by atoms with Gasteiger partial charge in [-0.25, -0.2) is 4.68 Å². The van der Waals surface area contributed by atoms with Crippen molar-refractivity contribution in [1.29, 1.82) is 5.26 Å². The third-order valence-electron chi connectivity index (χ3n) is 6.48. The van der Waals surface area contributed by atoms with Crippen molar-refractivity contribution in [1.82, 2.24) is 14.7 Å². The summed E-state index contributed by atoms with van der Waals surface area (Å²) in [5, 5.41) is 15.4. The van der Waals surface area contributed by atoms with Gasteiger partial charge in [-0.2, -0.15) is 10.4 Å². The molecule has 0 N–H and O–H groups in total. The maximum atomic E-state index is 13.1. The zero-order valence-corrected chi connectivity index (χ0v) is 21.6. The van der Waals surface area contributed by atoms with E-state index < -0.39 is 0 Å². The molecule has 0 atom stereocenters. The number of hydrogen-bond donors (Lipinski definition) is 0. The lowest BCUT2D eigenvalue weighted by atomic mass is 10.0. The Labute approximate surface area is 227 Å². The number of nitriles is 1. The number of halogens is 1. The highest BCUT2D eigenvalue weighted by molar-refractivity contribution is 6.30. The minimum atomic E-state index is -0.231. The average Bonchev–Trinajstić information content (AvgIpc) is 3.40. The Balaban J connectivity index is 1.49. The summed E-state index contributed by atoms with van der Waals surface area (Å²) in [7, 11) is 0. The Morgan fingerprint density at radius 3 is 2.50 bits per heavy atom. The fourth-order valence-electron chi connectivity index (χ4n) is 4.48. The Kier molecular flexibility index (Phi) is 7.86. The molecule has 0 saturated carbocycles. The van der Waals surface area contributed by atoms with Gasteiger partial charge in [0.15, 0.2) is 0 Å². The molecule has 190 valence electrons. The first kappa shape index (κ1) is 25.3. The van der Waals surface area contributed by atoms with Gasteiger partial charge >= 0.3 is 0 Å². The van der Waals surface area contributed by atoms with E-state index in [9.17, 15) is 10.1 Å². The summed E-state index contributed by atoms with van der Waals surface area (Å²) in [6, 6.07) is 27.1. The predicted octanol–water partition coefficient (Wildman–Crippen LogP) is 6.69. The molecule has 5 rings (SSSR count). The zero-order chi connectivity index (χ0) is 26.3. The van der Waals surface area contributed by atoms with Gasteiger partial charge in [-0.3, -0.25) is 4.79 Å². The fourth-order valence-corrected chi connectivity index (χ4v) is 4.60. The van der Waals surface area contributed by atoms with Crippen LogP contribution in [0.4, 0.5) is 0 Å². The molecule has 4 aromatic rings. The molecule has 0 spiro atoms. The highest BCUT2D eigenvalue weighted by Gasteiger charge is 2.22. The van der Waals surface area contributed by atoms with Crippen molar-refractivity contribution in [2.75, 3.05) is 13.1 Å². The molecule has 0 unspecified atom stereocenters. The molecule has 1 amide bonds. The molecule has 6 nitrogen and oxygen atoms in total. The summed E-state index contributed by atoms with van der Waals surface area (Å²) in [4.78, 5) is 14.9. The third-order valence-corrected chi connectivity index (χ3v) is 6.74. The van der Waals surface area contributed by atoms with Crippen LogP contribution in [0.3, 0.4) is 0 Å². The van der Waals surface area contributed by atoms with Crippen molar-refractivity contribution in [2.24, 2.45) is 0 Å². The molecule has 0 bridgehead atoms. The zero-order valence-electron chi connectivity index (χ0n) is 20.9. The fraction of sp³-hybridized carbons (Fsp3) is 0.194. The van der Waals surface area contributed by atoms with Crippen LogP contribution >= 0.6 is 11.6 Å². The number of amides is 1. The second-order valence-corrected chi connectivity index (χ2v) is 9.62. The van der Waals surface area contributed by atoms with Crippen LogP contribution in [0.25, 0.3) is 23.0 Å². The Hall–Kier alpha value is -4.34. The van der Waals surface area contributed by atoms with Crippen LogP contribution in [0.1, 0.15) is 30.4 Å². The molecule has 2 heterocycles. The molecule has 3 aromatic carbocycles. The summed E-state index contributed by atoms with van der Waals surface area (Å²) in [6.07, 6.45) is 6.54. The van der Waals surface area contributed by atoms with Crippen molar-refractivity contribution in [2.45, 2.75) is 25.9 Å². The third kappa shape index (κ3) is 5.96. The van der Waals surface area contributed by atoms with E-state index in [0.717, 1.165) is 36.1 Å². The minimum absolute atomic E-state index is 0.107. The number of aromatic nitrogens is 2. The Bertz CT molecular complexity index is 1480. The van der Waals surface area contributed by atoms with Gasteiger partial charge in [0.1, 0.15) is 29.7 Å². The first-order valence-electron chi connectivity index (χ1n) is 12.6. The van der Waals surface area contributed by atoms with Gasteiger partial charge < -0.3 is 9.64 Å². The largest absolute Gasteiger partial charge is 0.489 e.